The number of carboxylic acids is 1. The van der Waals surface area contributed by atoms with E-state index < -0.39 is 17.0 Å². The van der Waals surface area contributed by atoms with Gasteiger partial charge in [0.1, 0.15) is 5.54 Å². The molecule has 0 spiro atoms. The summed E-state index contributed by atoms with van der Waals surface area (Å²) in [4.78, 5) is 25.5. The van der Waals surface area contributed by atoms with Crippen LogP contribution in [0.25, 0.3) is 0 Å². The Kier molecular flexibility index (Phi) is 4.37. The number of likely N-dealkylation sites (tertiary alicyclic amines) is 1. The van der Waals surface area contributed by atoms with Gasteiger partial charge in [-0.05, 0) is 46.6 Å². The minimum Gasteiger partial charge on any atom is -0.480 e. The summed E-state index contributed by atoms with van der Waals surface area (Å²) in [6.07, 6.45) is 2.25. The van der Waals surface area contributed by atoms with Crippen LogP contribution < -0.4 is 5.32 Å². The molecule has 0 bridgehead atoms. The monoisotopic (exact) mass is 256 g/mol. The molecule has 18 heavy (non-hydrogen) atoms. The zero-order valence-corrected chi connectivity index (χ0v) is 11.7. The van der Waals surface area contributed by atoms with Gasteiger partial charge in [-0.25, -0.2) is 4.79 Å². The first-order valence-corrected chi connectivity index (χ1v) is 6.56. The second kappa shape index (κ2) is 5.26. The van der Waals surface area contributed by atoms with Crippen molar-refractivity contribution in [3.8, 4) is 0 Å². The number of rotatable bonds is 4. The lowest BCUT2D eigenvalue weighted by Crippen LogP contribution is -2.64. The van der Waals surface area contributed by atoms with Gasteiger partial charge in [0.05, 0.1) is 5.54 Å². The van der Waals surface area contributed by atoms with Gasteiger partial charge in [-0.1, -0.05) is 6.92 Å². The van der Waals surface area contributed by atoms with Crippen molar-refractivity contribution in [2.75, 3.05) is 13.1 Å². The fourth-order valence-corrected chi connectivity index (χ4v) is 2.52. The molecule has 1 aliphatic heterocycles. The number of hydrogen-bond acceptors (Lipinski definition) is 3. The topological polar surface area (TPSA) is 69.6 Å². The molecule has 0 radical (unpaired) electrons. The Morgan fingerprint density at radius 1 is 1.39 bits per heavy atom. The predicted octanol–water partition coefficient (Wildman–Crippen LogP) is 1.23. The molecule has 1 saturated heterocycles. The number of nitrogens with zero attached hydrogens (tertiary/aromatic N) is 1. The van der Waals surface area contributed by atoms with Crippen molar-refractivity contribution >= 4 is 11.9 Å². The Bertz CT molecular complexity index is 341. The molecular weight excluding hydrogens is 232 g/mol. The third-order valence-corrected chi connectivity index (χ3v) is 3.75. The van der Waals surface area contributed by atoms with E-state index in [9.17, 15) is 14.7 Å². The molecule has 1 fully saturated rings. The van der Waals surface area contributed by atoms with Gasteiger partial charge in [-0.2, -0.15) is 0 Å². The Labute approximate surface area is 109 Å². The second-order valence-corrected chi connectivity index (χ2v) is 5.65. The highest BCUT2D eigenvalue weighted by Crippen LogP contribution is 2.30. The van der Waals surface area contributed by atoms with Gasteiger partial charge in [-0.3, -0.25) is 4.79 Å². The number of carbonyl (C=O) groups excluding carboxylic acids is 1. The molecule has 5 heteroatoms. The summed E-state index contributed by atoms with van der Waals surface area (Å²) in [7, 11) is 0. The summed E-state index contributed by atoms with van der Waals surface area (Å²) in [5.41, 5.74) is -1.79. The third-order valence-electron chi connectivity index (χ3n) is 3.75. The number of likely N-dealkylation sites (N-methyl/N-ethyl adjacent to an activating group) is 1. The Hall–Kier alpha value is -1.10. The Morgan fingerprint density at radius 3 is 2.50 bits per heavy atom. The average Bonchev–Trinajstić information content (AvgIpc) is 2.28. The van der Waals surface area contributed by atoms with Crippen LogP contribution in [0.3, 0.4) is 0 Å². The number of nitrogens with one attached hydrogen (secondary N) is 1. The van der Waals surface area contributed by atoms with E-state index in [4.69, 9.17) is 0 Å². The minimum absolute atomic E-state index is 0.131. The van der Waals surface area contributed by atoms with E-state index in [0.29, 0.717) is 19.5 Å². The number of carbonyl (C=O) groups is 2. The largest absolute Gasteiger partial charge is 0.480 e. The van der Waals surface area contributed by atoms with E-state index in [1.165, 1.54) is 4.90 Å². The van der Waals surface area contributed by atoms with Crippen molar-refractivity contribution in [3.05, 3.63) is 0 Å². The van der Waals surface area contributed by atoms with E-state index in [-0.39, 0.29) is 5.91 Å². The van der Waals surface area contributed by atoms with Crippen LogP contribution in [0.2, 0.25) is 0 Å². The molecule has 1 rings (SSSR count). The molecule has 0 aromatic heterocycles. The normalized spacial score (nSPS) is 25.0. The van der Waals surface area contributed by atoms with Crippen LogP contribution in [0.4, 0.5) is 0 Å². The summed E-state index contributed by atoms with van der Waals surface area (Å²) in [5.74, 6) is -1.04. The molecule has 1 atom stereocenters. The van der Waals surface area contributed by atoms with E-state index in [0.717, 1.165) is 12.8 Å². The van der Waals surface area contributed by atoms with E-state index in [1.54, 1.807) is 20.8 Å². The van der Waals surface area contributed by atoms with Gasteiger partial charge in [0.2, 0.25) is 5.91 Å². The molecule has 1 amide bonds. The van der Waals surface area contributed by atoms with Crippen LogP contribution >= 0.6 is 0 Å². The molecule has 5 nitrogen and oxygen atoms in total. The molecular formula is C13H24N2O3. The lowest BCUT2D eigenvalue weighted by Gasteiger charge is -2.45. The maximum atomic E-state index is 12.5. The lowest BCUT2D eigenvalue weighted by atomic mass is 9.86. The second-order valence-electron chi connectivity index (χ2n) is 5.65. The molecule has 1 heterocycles. The van der Waals surface area contributed by atoms with Gasteiger partial charge in [0, 0.05) is 6.54 Å². The Balaban J connectivity index is 2.98. The van der Waals surface area contributed by atoms with E-state index >= 15 is 0 Å². The quantitative estimate of drug-likeness (QED) is 0.793. The van der Waals surface area contributed by atoms with Gasteiger partial charge in [0.15, 0.2) is 0 Å². The molecule has 0 aromatic rings. The van der Waals surface area contributed by atoms with Crippen molar-refractivity contribution in [1.29, 1.82) is 0 Å². The van der Waals surface area contributed by atoms with Crippen LogP contribution in [0.15, 0.2) is 0 Å². The van der Waals surface area contributed by atoms with Crippen LogP contribution in [0, 0.1) is 0 Å². The molecule has 1 unspecified atom stereocenters. The van der Waals surface area contributed by atoms with Gasteiger partial charge >= 0.3 is 5.97 Å². The summed E-state index contributed by atoms with van der Waals surface area (Å²) < 4.78 is 0. The van der Waals surface area contributed by atoms with Crippen molar-refractivity contribution < 1.29 is 14.7 Å². The average molecular weight is 256 g/mol. The first-order valence-electron chi connectivity index (χ1n) is 6.56. The summed E-state index contributed by atoms with van der Waals surface area (Å²) >= 11 is 0. The number of amides is 1. The highest BCUT2D eigenvalue weighted by Gasteiger charge is 2.47. The molecule has 104 valence electrons. The molecule has 0 saturated carbocycles. The molecule has 0 aliphatic carbocycles. The summed E-state index contributed by atoms with van der Waals surface area (Å²) in [6, 6.07) is 0. The maximum Gasteiger partial charge on any atom is 0.329 e. The molecule has 0 aromatic carbocycles. The molecule has 2 N–H and O–H groups in total. The van der Waals surface area contributed by atoms with Crippen LogP contribution in [0.1, 0.15) is 47.0 Å². The molecule has 1 aliphatic rings. The van der Waals surface area contributed by atoms with Crippen LogP contribution in [0.5, 0.6) is 0 Å². The lowest BCUT2D eigenvalue weighted by molar-refractivity contribution is -0.163. The number of piperidine rings is 1. The first-order chi connectivity index (χ1) is 8.25. The standard InChI is InChI=1S/C13H24N2O3/c1-5-14-12(2,3)10(16)15-9-7-6-8-13(15,4)11(17)18/h14H,5-9H2,1-4H3,(H,17,18). The van der Waals surface area contributed by atoms with E-state index in [2.05, 4.69) is 5.32 Å². The van der Waals surface area contributed by atoms with Crippen molar-refractivity contribution in [1.82, 2.24) is 10.2 Å². The van der Waals surface area contributed by atoms with E-state index in [1.807, 2.05) is 6.92 Å². The zero-order valence-electron chi connectivity index (χ0n) is 11.7. The highest BCUT2D eigenvalue weighted by atomic mass is 16.4. The fraction of sp³-hybridized carbons (Fsp3) is 0.846. The fourth-order valence-electron chi connectivity index (χ4n) is 2.52. The summed E-state index contributed by atoms with van der Waals surface area (Å²) in [6.45, 7) is 8.38. The van der Waals surface area contributed by atoms with Gasteiger partial charge in [0.25, 0.3) is 0 Å². The predicted molar refractivity (Wildman–Crippen MR) is 69.4 cm³/mol. The van der Waals surface area contributed by atoms with Crippen molar-refractivity contribution in [3.63, 3.8) is 0 Å². The Morgan fingerprint density at radius 2 is 2.00 bits per heavy atom. The minimum atomic E-state index is -1.07. The zero-order chi connectivity index (χ0) is 14.0. The smallest absolute Gasteiger partial charge is 0.329 e. The van der Waals surface area contributed by atoms with Gasteiger partial charge < -0.3 is 15.3 Å². The third kappa shape index (κ3) is 2.66. The highest BCUT2D eigenvalue weighted by molar-refractivity contribution is 5.91. The van der Waals surface area contributed by atoms with Crippen LogP contribution in [-0.2, 0) is 9.59 Å². The maximum absolute atomic E-state index is 12.5. The number of carboxylic acid groups (broad SMARTS) is 1. The summed E-state index contributed by atoms with van der Waals surface area (Å²) in [5, 5.41) is 12.5. The van der Waals surface area contributed by atoms with Crippen LogP contribution in [-0.4, -0.2) is 46.1 Å². The van der Waals surface area contributed by atoms with Crippen molar-refractivity contribution in [2.45, 2.75) is 58.0 Å². The van der Waals surface area contributed by atoms with Gasteiger partial charge in [-0.15, -0.1) is 0 Å². The first kappa shape index (κ1) is 15.0. The number of hydrogen-bond donors (Lipinski definition) is 2. The number of aliphatic carboxylic acids is 1. The SMILES string of the molecule is CCNC(C)(C)C(=O)N1CCCCC1(C)C(=O)O. The van der Waals surface area contributed by atoms with Crippen molar-refractivity contribution in [2.24, 2.45) is 0 Å².